The van der Waals surface area contributed by atoms with Gasteiger partial charge in [-0.2, -0.15) is 0 Å². The van der Waals surface area contributed by atoms with Crippen molar-refractivity contribution in [1.29, 1.82) is 0 Å². The summed E-state index contributed by atoms with van der Waals surface area (Å²) in [6.07, 6.45) is 3.39. The van der Waals surface area contributed by atoms with Crippen molar-refractivity contribution in [2.75, 3.05) is 52.9 Å². The third-order valence-electron chi connectivity index (χ3n) is 9.91. The van der Waals surface area contributed by atoms with Crippen LogP contribution in [0.3, 0.4) is 0 Å². The first-order chi connectivity index (χ1) is 24.6. The van der Waals surface area contributed by atoms with E-state index in [2.05, 4.69) is 13.8 Å². The summed E-state index contributed by atoms with van der Waals surface area (Å²) < 4.78 is 35.6. The average molecular weight is 741 g/mol. The minimum atomic E-state index is -1.63. The van der Waals surface area contributed by atoms with E-state index >= 15 is 0 Å². The van der Waals surface area contributed by atoms with E-state index in [1.807, 2.05) is 0 Å². The van der Waals surface area contributed by atoms with Gasteiger partial charge in [0.2, 0.25) is 0 Å². The van der Waals surface area contributed by atoms with E-state index in [1.54, 1.807) is 0 Å². The van der Waals surface area contributed by atoms with Crippen molar-refractivity contribution in [3.8, 4) is 0 Å². The summed E-state index contributed by atoms with van der Waals surface area (Å²) in [5.41, 5.74) is -1.09. The van der Waals surface area contributed by atoms with Crippen LogP contribution in [-0.2, 0) is 28.4 Å². The Morgan fingerprint density at radius 3 is 1.10 bits per heavy atom. The van der Waals surface area contributed by atoms with Crippen molar-refractivity contribution < 1.29 is 69.3 Å². The molecule has 0 radical (unpaired) electrons. The van der Waals surface area contributed by atoms with Crippen LogP contribution in [-0.4, -0.2) is 155 Å². The molecular formula is C37H72O14. The molecule has 2 heterocycles. The van der Waals surface area contributed by atoms with Gasteiger partial charge in [-0.05, 0) is 12.8 Å². The summed E-state index contributed by atoms with van der Waals surface area (Å²) in [6, 6.07) is 0. The minimum Gasteiger partial charge on any atom is -0.394 e. The Hall–Kier alpha value is -0.560. The highest BCUT2D eigenvalue weighted by atomic mass is 16.7. The van der Waals surface area contributed by atoms with Crippen LogP contribution >= 0.6 is 0 Å². The highest BCUT2D eigenvalue weighted by Gasteiger charge is 2.47. The fourth-order valence-electron chi connectivity index (χ4n) is 6.43. The molecule has 0 aromatic heterocycles. The van der Waals surface area contributed by atoms with E-state index < -0.39 is 80.0 Å². The Labute approximate surface area is 305 Å². The number of hydrogen-bond acceptors (Lipinski definition) is 14. The number of aliphatic hydroxyl groups is 8. The second-order valence-electron chi connectivity index (χ2n) is 14.6. The van der Waals surface area contributed by atoms with Gasteiger partial charge in [0, 0.05) is 13.2 Å². The van der Waals surface area contributed by atoms with Crippen LogP contribution in [0.25, 0.3) is 0 Å². The summed E-state index contributed by atoms with van der Waals surface area (Å²) in [7, 11) is 0. The maximum Gasteiger partial charge on any atom is 0.186 e. The molecule has 0 aromatic carbocycles. The molecular weight excluding hydrogens is 668 g/mol. The van der Waals surface area contributed by atoms with Crippen LogP contribution in [0, 0.1) is 5.41 Å². The van der Waals surface area contributed by atoms with Crippen LogP contribution in [0.1, 0.15) is 117 Å². The highest BCUT2D eigenvalue weighted by Crippen LogP contribution is 2.29. The molecule has 2 aliphatic rings. The quantitative estimate of drug-likeness (QED) is 0.0494. The Morgan fingerprint density at radius 1 is 0.431 bits per heavy atom. The van der Waals surface area contributed by atoms with Gasteiger partial charge >= 0.3 is 0 Å². The van der Waals surface area contributed by atoms with Gasteiger partial charge in [-0.15, -0.1) is 0 Å². The molecule has 0 amide bonds. The SMILES string of the molecule is CCCCCCCCCCOCC(COCCCCCCCCCC)(CO[C@@H]1O[C@H](CO)[C@H](O)[C@H](O)[C@H]1O)CO[C@@H]1O[C@H](CO)[C@H](O)[C@H](O)[C@H]1O. The molecule has 10 atom stereocenters. The molecule has 14 heteroatoms. The Balaban J connectivity index is 2.14. The molecule has 0 aliphatic carbocycles. The molecule has 304 valence electrons. The van der Waals surface area contributed by atoms with Crippen LogP contribution in [0.5, 0.6) is 0 Å². The zero-order valence-electron chi connectivity index (χ0n) is 31.3. The second kappa shape index (κ2) is 27.1. The van der Waals surface area contributed by atoms with Crippen LogP contribution < -0.4 is 0 Å². The summed E-state index contributed by atoms with van der Waals surface area (Å²) in [5.74, 6) is 0. The van der Waals surface area contributed by atoms with Crippen molar-refractivity contribution in [3.63, 3.8) is 0 Å². The molecule has 8 N–H and O–H groups in total. The van der Waals surface area contributed by atoms with Crippen molar-refractivity contribution >= 4 is 0 Å². The predicted molar refractivity (Wildman–Crippen MR) is 189 cm³/mol. The monoisotopic (exact) mass is 740 g/mol. The van der Waals surface area contributed by atoms with Crippen molar-refractivity contribution in [1.82, 2.24) is 0 Å². The molecule has 0 saturated carbocycles. The first-order valence-electron chi connectivity index (χ1n) is 19.6. The molecule has 0 bridgehead atoms. The number of rotatable bonds is 30. The fourth-order valence-corrected chi connectivity index (χ4v) is 6.43. The van der Waals surface area contributed by atoms with E-state index in [0.717, 1.165) is 38.5 Å². The molecule has 2 saturated heterocycles. The second-order valence-corrected chi connectivity index (χ2v) is 14.6. The Bertz CT molecular complexity index is 769. The number of unbranched alkanes of at least 4 members (excludes halogenated alkanes) is 14. The lowest BCUT2D eigenvalue weighted by molar-refractivity contribution is -0.322. The first-order valence-corrected chi connectivity index (χ1v) is 19.6. The smallest absolute Gasteiger partial charge is 0.186 e. The van der Waals surface area contributed by atoms with E-state index in [-0.39, 0.29) is 26.4 Å². The number of aliphatic hydroxyl groups excluding tert-OH is 8. The van der Waals surface area contributed by atoms with Crippen molar-refractivity contribution in [3.05, 3.63) is 0 Å². The maximum atomic E-state index is 10.7. The lowest BCUT2D eigenvalue weighted by Crippen LogP contribution is -2.60. The molecule has 0 aromatic rings. The van der Waals surface area contributed by atoms with Gasteiger partial charge in [-0.25, -0.2) is 0 Å². The Kier molecular flexibility index (Phi) is 24.7. The molecule has 0 spiro atoms. The molecule has 0 unspecified atom stereocenters. The third kappa shape index (κ3) is 16.8. The summed E-state index contributed by atoms with van der Waals surface area (Å²) in [6.45, 7) is 3.82. The summed E-state index contributed by atoms with van der Waals surface area (Å²) in [4.78, 5) is 0. The van der Waals surface area contributed by atoms with Crippen molar-refractivity contribution in [2.24, 2.45) is 5.41 Å². The molecule has 2 fully saturated rings. The topological polar surface area (TPSA) is 217 Å². The van der Waals surface area contributed by atoms with Crippen LogP contribution in [0.4, 0.5) is 0 Å². The van der Waals surface area contributed by atoms with Gasteiger partial charge in [0.25, 0.3) is 0 Å². The molecule has 2 aliphatic heterocycles. The minimum absolute atomic E-state index is 0.0653. The van der Waals surface area contributed by atoms with Crippen LogP contribution in [0.15, 0.2) is 0 Å². The predicted octanol–water partition coefficient (Wildman–Crippen LogP) is 1.92. The van der Waals surface area contributed by atoms with E-state index in [9.17, 15) is 40.9 Å². The van der Waals surface area contributed by atoms with Gasteiger partial charge in [-0.1, -0.05) is 104 Å². The molecule has 2 rings (SSSR count). The average Bonchev–Trinajstić information content (AvgIpc) is 3.13. The molecule has 14 nitrogen and oxygen atoms in total. The lowest BCUT2D eigenvalue weighted by Gasteiger charge is -2.43. The zero-order valence-corrected chi connectivity index (χ0v) is 31.3. The fraction of sp³-hybridized carbons (Fsp3) is 1.00. The normalized spacial score (nSPS) is 30.2. The van der Waals surface area contributed by atoms with Gasteiger partial charge in [-0.3, -0.25) is 0 Å². The van der Waals surface area contributed by atoms with E-state index in [4.69, 9.17) is 28.4 Å². The van der Waals surface area contributed by atoms with Gasteiger partial charge in [0.1, 0.15) is 48.8 Å². The number of hydrogen-bond donors (Lipinski definition) is 8. The summed E-state index contributed by atoms with van der Waals surface area (Å²) >= 11 is 0. The van der Waals surface area contributed by atoms with E-state index in [1.165, 1.54) is 64.2 Å². The van der Waals surface area contributed by atoms with E-state index in [0.29, 0.717) is 13.2 Å². The maximum absolute atomic E-state index is 10.7. The van der Waals surface area contributed by atoms with Crippen molar-refractivity contribution in [2.45, 2.75) is 178 Å². The van der Waals surface area contributed by atoms with Crippen LogP contribution in [0.2, 0.25) is 0 Å². The summed E-state index contributed by atoms with van der Waals surface area (Å²) in [5, 5.41) is 81.9. The highest BCUT2D eigenvalue weighted by molar-refractivity contribution is 4.91. The molecule has 51 heavy (non-hydrogen) atoms. The zero-order chi connectivity index (χ0) is 37.5. The first kappa shape index (κ1) is 46.6. The number of ether oxygens (including phenoxy) is 6. The van der Waals surface area contributed by atoms with Gasteiger partial charge in [0.05, 0.1) is 45.1 Å². The standard InChI is InChI=1S/C37H72O14/c1-3-5-7-9-11-13-15-17-19-46-23-37(24-47-20-18-16-14-12-10-8-6-4-2,25-48-35-33(44)31(42)29(40)27(21-38)50-35)26-49-36-34(45)32(43)30(41)28(22-39)51-36/h27-36,38-45H,3-26H2,1-2H3/t27-,28-,29+,30+,31+,32+,33-,34-,35-,36-/m1/s1. The van der Waals surface area contributed by atoms with Gasteiger partial charge in [0.15, 0.2) is 12.6 Å². The van der Waals surface area contributed by atoms with Gasteiger partial charge < -0.3 is 69.3 Å². The largest absolute Gasteiger partial charge is 0.394 e. The lowest BCUT2D eigenvalue weighted by atomic mass is 9.91. The Morgan fingerprint density at radius 2 is 0.765 bits per heavy atom. The third-order valence-corrected chi connectivity index (χ3v) is 9.91.